The lowest BCUT2D eigenvalue weighted by Crippen LogP contribution is -2.00. The smallest absolute Gasteiger partial charge is 0.248 e. The average Bonchev–Trinajstić information content (AvgIpc) is 3.03. The Morgan fingerprint density at radius 1 is 1.25 bits per heavy atom. The zero-order chi connectivity index (χ0) is 14.1. The van der Waals surface area contributed by atoms with E-state index in [2.05, 4.69) is 15.2 Å². The van der Waals surface area contributed by atoms with Crippen LogP contribution in [0.4, 0.5) is 5.69 Å². The van der Waals surface area contributed by atoms with Gasteiger partial charge in [0.15, 0.2) is 0 Å². The SMILES string of the molecule is Cc1ccn(Cc2nc(-c3cccc(N)c3C)no2)n1. The fourth-order valence-corrected chi connectivity index (χ4v) is 2.01. The summed E-state index contributed by atoms with van der Waals surface area (Å²) in [4.78, 5) is 4.39. The highest BCUT2D eigenvalue weighted by Gasteiger charge is 2.12. The van der Waals surface area contributed by atoms with Crippen LogP contribution in [0.1, 0.15) is 17.1 Å². The molecule has 3 aromatic rings. The van der Waals surface area contributed by atoms with Crippen LogP contribution in [0.25, 0.3) is 11.4 Å². The average molecular weight is 269 g/mol. The minimum atomic E-state index is 0.461. The number of nitrogens with two attached hydrogens (primary N) is 1. The molecule has 102 valence electrons. The van der Waals surface area contributed by atoms with E-state index < -0.39 is 0 Å². The van der Waals surface area contributed by atoms with E-state index in [0.717, 1.165) is 22.5 Å². The first-order chi connectivity index (χ1) is 9.63. The topological polar surface area (TPSA) is 82.8 Å². The lowest BCUT2D eigenvalue weighted by molar-refractivity contribution is 0.366. The maximum Gasteiger partial charge on any atom is 0.248 e. The summed E-state index contributed by atoms with van der Waals surface area (Å²) in [5, 5.41) is 8.30. The first-order valence-electron chi connectivity index (χ1n) is 6.31. The Morgan fingerprint density at radius 2 is 2.10 bits per heavy atom. The van der Waals surface area contributed by atoms with Crippen LogP contribution in [0.5, 0.6) is 0 Å². The molecule has 0 radical (unpaired) electrons. The van der Waals surface area contributed by atoms with Crippen molar-refractivity contribution in [2.45, 2.75) is 20.4 Å². The van der Waals surface area contributed by atoms with Gasteiger partial charge in [-0.05, 0) is 31.5 Å². The molecule has 6 nitrogen and oxygen atoms in total. The van der Waals surface area contributed by atoms with E-state index in [1.807, 2.05) is 44.3 Å². The van der Waals surface area contributed by atoms with Crippen molar-refractivity contribution in [2.24, 2.45) is 0 Å². The molecule has 0 fully saturated rings. The van der Waals surface area contributed by atoms with Crippen molar-refractivity contribution in [3.05, 3.63) is 47.6 Å². The van der Waals surface area contributed by atoms with Gasteiger partial charge in [-0.3, -0.25) is 4.68 Å². The quantitative estimate of drug-likeness (QED) is 0.737. The Morgan fingerprint density at radius 3 is 2.85 bits per heavy atom. The minimum absolute atomic E-state index is 0.461. The lowest BCUT2D eigenvalue weighted by atomic mass is 10.1. The molecule has 0 spiro atoms. The summed E-state index contributed by atoms with van der Waals surface area (Å²) in [5.74, 6) is 1.07. The first kappa shape index (κ1) is 12.4. The molecular formula is C14H15N5O. The Balaban J connectivity index is 1.88. The number of anilines is 1. The standard InChI is InChI=1S/C14H15N5O/c1-9-6-7-19(17-9)8-13-16-14(18-20-13)11-4-3-5-12(15)10(11)2/h3-7H,8,15H2,1-2H3. The summed E-state index contributed by atoms with van der Waals surface area (Å²) in [5.41, 5.74) is 9.40. The fourth-order valence-electron chi connectivity index (χ4n) is 2.01. The van der Waals surface area contributed by atoms with Crippen molar-refractivity contribution >= 4 is 5.69 Å². The summed E-state index contributed by atoms with van der Waals surface area (Å²) in [6.07, 6.45) is 1.88. The Labute approximate surface area is 116 Å². The highest BCUT2D eigenvalue weighted by atomic mass is 16.5. The second kappa shape index (κ2) is 4.80. The number of hydrogen-bond donors (Lipinski definition) is 1. The van der Waals surface area contributed by atoms with Crippen LogP contribution < -0.4 is 5.73 Å². The van der Waals surface area contributed by atoms with E-state index in [4.69, 9.17) is 10.3 Å². The van der Waals surface area contributed by atoms with Crippen LogP contribution in [-0.4, -0.2) is 19.9 Å². The molecule has 0 amide bonds. The molecule has 1 aromatic carbocycles. The molecule has 2 aromatic heterocycles. The van der Waals surface area contributed by atoms with Gasteiger partial charge in [0.2, 0.25) is 11.7 Å². The first-order valence-corrected chi connectivity index (χ1v) is 6.31. The fraction of sp³-hybridized carbons (Fsp3) is 0.214. The molecule has 6 heteroatoms. The summed E-state index contributed by atoms with van der Waals surface area (Å²) >= 11 is 0. The molecule has 20 heavy (non-hydrogen) atoms. The molecular weight excluding hydrogens is 254 g/mol. The third-order valence-electron chi connectivity index (χ3n) is 3.16. The van der Waals surface area contributed by atoms with Crippen molar-refractivity contribution in [1.82, 2.24) is 19.9 Å². The molecule has 2 heterocycles. The van der Waals surface area contributed by atoms with E-state index in [-0.39, 0.29) is 0 Å². The number of nitrogen functional groups attached to an aromatic ring is 1. The molecule has 0 aliphatic rings. The van der Waals surface area contributed by atoms with Crippen LogP contribution >= 0.6 is 0 Å². The van der Waals surface area contributed by atoms with Crippen LogP contribution in [0.2, 0.25) is 0 Å². The van der Waals surface area contributed by atoms with Crippen molar-refractivity contribution in [3.63, 3.8) is 0 Å². The summed E-state index contributed by atoms with van der Waals surface area (Å²) in [6, 6.07) is 7.59. The molecule has 2 N–H and O–H groups in total. The summed E-state index contributed by atoms with van der Waals surface area (Å²) < 4.78 is 7.03. The largest absolute Gasteiger partial charge is 0.398 e. The Hall–Kier alpha value is -2.63. The molecule has 0 saturated carbocycles. The number of aromatic nitrogens is 4. The van der Waals surface area contributed by atoms with Gasteiger partial charge in [0.25, 0.3) is 0 Å². The van der Waals surface area contributed by atoms with Gasteiger partial charge in [0, 0.05) is 17.4 Å². The van der Waals surface area contributed by atoms with E-state index in [9.17, 15) is 0 Å². The predicted octanol–water partition coefficient (Wildman–Crippen LogP) is 2.18. The maximum atomic E-state index is 5.89. The van der Waals surface area contributed by atoms with Crippen molar-refractivity contribution < 1.29 is 4.52 Å². The number of hydrogen-bond acceptors (Lipinski definition) is 5. The maximum absolute atomic E-state index is 5.89. The zero-order valence-corrected chi connectivity index (χ0v) is 11.4. The van der Waals surface area contributed by atoms with Crippen LogP contribution in [0.3, 0.4) is 0 Å². The van der Waals surface area contributed by atoms with Crippen LogP contribution in [-0.2, 0) is 6.54 Å². The van der Waals surface area contributed by atoms with Crippen molar-refractivity contribution in [3.8, 4) is 11.4 Å². The second-order valence-corrected chi connectivity index (χ2v) is 4.69. The summed E-state index contributed by atoms with van der Waals surface area (Å²) in [7, 11) is 0. The number of benzene rings is 1. The number of aryl methyl sites for hydroxylation is 1. The minimum Gasteiger partial charge on any atom is -0.398 e. The highest BCUT2D eigenvalue weighted by molar-refractivity contribution is 5.67. The second-order valence-electron chi connectivity index (χ2n) is 4.69. The van der Waals surface area contributed by atoms with Crippen molar-refractivity contribution in [1.29, 1.82) is 0 Å². The zero-order valence-electron chi connectivity index (χ0n) is 11.4. The van der Waals surface area contributed by atoms with Gasteiger partial charge in [0.05, 0.1) is 5.69 Å². The lowest BCUT2D eigenvalue weighted by Gasteiger charge is -2.03. The molecule has 0 bridgehead atoms. The van der Waals surface area contributed by atoms with E-state index in [1.54, 1.807) is 4.68 Å². The number of nitrogens with zero attached hydrogens (tertiary/aromatic N) is 4. The van der Waals surface area contributed by atoms with Crippen LogP contribution in [0, 0.1) is 13.8 Å². The van der Waals surface area contributed by atoms with E-state index >= 15 is 0 Å². The third-order valence-corrected chi connectivity index (χ3v) is 3.16. The third kappa shape index (κ3) is 2.27. The normalized spacial score (nSPS) is 10.9. The van der Waals surface area contributed by atoms with Gasteiger partial charge in [-0.1, -0.05) is 17.3 Å². The van der Waals surface area contributed by atoms with Gasteiger partial charge >= 0.3 is 0 Å². The van der Waals surface area contributed by atoms with Gasteiger partial charge in [-0.2, -0.15) is 10.1 Å². The van der Waals surface area contributed by atoms with Gasteiger partial charge in [-0.15, -0.1) is 0 Å². The molecule has 0 atom stereocenters. The highest BCUT2D eigenvalue weighted by Crippen LogP contribution is 2.24. The summed E-state index contributed by atoms with van der Waals surface area (Å²) in [6.45, 7) is 4.34. The molecule has 0 saturated heterocycles. The Kier molecular flexibility index (Phi) is 2.98. The van der Waals surface area contributed by atoms with Crippen molar-refractivity contribution in [2.75, 3.05) is 5.73 Å². The molecule has 0 aliphatic heterocycles. The predicted molar refractivity (Wildman–Crippen MR) is 74.9 cm³/mol. The van der Waals surface area contributed by atoms with Gasteiger partial charge in [0.1, 0.15) is 6.54 Å². The van der Waals surface area contributed by atoms with E-state index in [0.29, 0.717) is 18.3 Å². The number of rotatable bonds is 3. The monoisotopic (exact) mass is 269 g/mol. The van der Waals surface area contributed by atoms with Gasteiger partial charge < -0.3 is 10.3 Å². The molecule has 0 aliphatic carbocycles. The van der Waals surface area contributed by atoms with Crippen LogP contribution in [0.15, 0.2) is 35.0 Å². The molecule has 3 rings (SSSR count). The van der Waals surface area contributed by atoms with E-state index in [1.165, 1.54) is 0 Å². The molecule has 0 unspecified atom stereocenters. The van der Waals surface area contributed by atoms with Gasteiger partial charge in [-0.25, -0.2) is 0 Å². The Bertz CT molecular complexity index is 744.